The van der Waals surface area contributed by atoms with Crippen LogP contribution in [0.5, 0.6) is 0 Å². The molecule has 21 heavy (non-hydrogen) atoms. The van der Waals surface area contributed by atoms with Gasteiger partial charge in [0.25, 0.3) is 0 Å². The molecule has 1 aromatic carbocycles. The number of benzene rings is 1. The van der Waals surface area contributed by atoms with E-state index in [2.05, 4.69) is 22.8 Å². The molecule has 1 N–H and O–H groups in total. The van der Waals surface area contributed by atoms with E-state index in [0.29, 0.717) is 10.9 Å². The number of anilines is 1. The van der Waals surface area contributed by atoms with Gasteiger partial charge >= 0.3 is 6.03 Å². The fraction of sp³-hybridized carbons (Fsp3) is 0.312. The molecular formula is C16H17ClN2OS. The number of hydrogen-bond donors (Lipinski definition) is 1. The molecule has 0 atom stereocenters. The predicted octanol–water partition coefficient (Wildman–Crippen LogP) is 4.81. The van der Waals surface area contributed by atoms with Crippen LogP contribution in [0.2, 0.25) is 5.02 Å². The fourth-order valence-electron chi connectivity index (χ4n) is 2.66. The second-order valence-electron chi connectivity index (χ2n) is 5.22. The Morgan fingerprint density at radius 2 is 2.05 bits per heavy atom. The van der Waals surface area contributed by atoms with Crippen molar-refractivity contribution < 1.29 is 4.79 Å². The largest absolute Gasteiger partial charge is 0.324 e. The van der Waals surface area contributed by atoms with Crippen molar-refractivity contribution in [1.82, 2.24) is 4.90 Å². The molecule has 1 saturated heterocycles. The predicted molar refractivity (Wildman–Crippen MR) is 88.3 cm³/mol. The Morgan fingerprint density at radius 1 is 1.24 bits per heavy atom. The lowest BCUT2D eigenvalue weighted by molar-refractivity contribution is 0.195. The normalized spacial score (nSPS) is 16.0. The van der Waals surface area contributed by atoms with Crippen LogP contribution in [0.15, 0.2) is 41.8 Å². The van der Waals surface area contributed by atoms with Crippen LogP contribution in [-0.2, 0) is 0 Å². The maximum Gasteiger partial charge on any atom is 0.321 e. The molecule has 110 valence electrons. The molecule has 2 heterocycles. The summed E-state index contributed by atoms with van der Waals surface area (Å²) in [6, 6.07) is 11.5. The highest BCUT2D eigenvalue weighted by Crippen LogP contribution is 2.31. The van der Waals surface area contributed by atoms with Crippen LogP contribution in [0.25, 0.3) is 0 Å². The quantitative estimate of drug-likeness (QED) is 0.846. The molecule has 3 nitrogen and oxygen atoms in total. The van der Waals surface area contributed by atoms with E-state index >= 15 is 0 Å². The van der Waals surface area contributed by atoms with Crippen LogP contribution in [0.1, 0.15) is 23.6 Å². The molecule has 0 spiro atoms. The number of nitrogens with one attached hydrogen (secondary N) is 1. The summed E-state index contributed by atoms with van der Waals surface area (Å²) in [6.07, 6.45) is 2.06. The highest BCUT2D eigenvalue weighted by atomic mass is 35.5. The van der Waals surface area contributed by atoms with Gasteiger partial charge < -0.3 is 10.2 Å². The molecule has 0 bridgehead atoms. The van der Waals surface area contributed by atoms with E-state index in [4.69, 9.17) is 11.6 Å². The molecule has 1 aliphatic heterocycles. The molecule has 0 unspecified atom stereocenters. The molecule has 2 aromatic rings. The van der Waals surface area contributed by atoms with E-state index < -0.39 is 0 Å². The minimum atomic E-state index is -0.0399. The lowest BCUT2D eigenvalue weighted by Gasteiger charge is -2.31. The Morgan fingerprint density at radius 3 is 2.71 bits per heavy atom. The molecular weight excluding hydrogens is 304 g/mol. The molecule has 3 rings (SSSR count). The van der Waals surface area contributed by atoms with Crippen molar-refractivity contribution in [2.45, 2.75) is 18.8 Å². The number of halogens is 1. The first-order chi connectivity index (χ1) is 10.2. The summed E-state index contributed by atoms with van der Waals surface area (Å²) in [5.41, 5.74) is 0.743. The van der Waals surface area contributed by atoms with Crippen molar-refractivity contribution in [2.24, 2.45) is 0 Å². The van der Waals surface area contributed by atoms with Crippen LogP contribution < -0.4 is 5.32 Å². The summed E-state index contributed by atoms with van der Waals surface area (Å²) in [5, 5.41) is 5.65. The average Bonchev–Trinajstić information content (AvgIpc) is 3.01. The smallest absolute Gasteiger partial charge is 0.321 e. The van der Waals surface area contributed by atoms with Crippen LogP contribution in [-0.4, -0.2) is 24.0 Å². The minimum Gasteiger partial charge on any atom is -0.324 e. The first-order valence-corrected chi connectivity index (χ1v) is 8.33. The average molecular weight is 321 g/mol. The van der Waals surface area contributed by atoms with Crippen LogP contribution in [0.3, 0.4) is 0 Å². The number of carbonyl (C=O) groups is 1. The third-order valence-electron chi connectivity index (χ3n) is 3.80. The molecule has 0 radical (unpaired) electrons. The number of nitrogens with zero attached hydrogens (tertiary/aromatic N) is 1. The zero-order valence-electron chi connectivity index (χ0n) is 11.6. The number of piperidine rings is 1. The highest BCUT2D eigenvalue weighted by molar-refractivity contribution is 7.10. The van der Waals surface area contributed by atoms with Gasteiger partial charge in [-0.05, 0) is 48.4 Å². The Hall–Kier alpha value is -1.52. The van der Waals surface area contributed by atoms with Crippen LogP contribution >= 0.6 is 22.9 Å². The molecule has 1 aromatic heterocycles. The van der Waals surface area contributed by atoms with Crippen LogP contribution in [0, 0.1) is 0 Å². The molecule has 1 aliphatic rings. The van der Waals surface area contributed by atoms with Gasteiger partial charge in [0.15, 0.2) is 0 Å². The van der Waals surface area contributed by atoms with E-state index in [0.717, 1.165) is 31.6 Å². The zero-order valence-corrected chi connectivity index (χ0v) is 13.2. The number of hydrogen-bond acceptors (Lipinski definition) is 2. The number of likely N-dealkylation sites (tertiary alicyclic amines) is 1. The first kappa shape index (κ1) is 14.4. The number of amides is 2. The van der Waals surface area contributed by atoms with E-state index in [-0.39, 0.29) is 6.03 Å². The number of urea groups is 1. The maximum atomic E-state index is 12.2. The minimum absolute atomic E-state index is 0.0399. The summed E-state index contributed by atoms with van der Waals surface area (Å²) in [6.45, 7) is 1.60. The Bertz CT molecular complexity index is 606. The topological polar surface area (TPSA) is 32.3 Å². The maximum absolute atomic E-state index is 12.2. The summed E-state index contributed by atoms with van der Waals surface area (Å²) in [7, 11) is 0. The van der Waals surface area contributed by atoms with Gasteiger partial charge in [-0.15, -0.1) is 11.3 Å². The third kappa shape index (κ3) is 3.57. The van der Waals surface area contributed by atoms with Crippen molar-refractivity contribution in [3.63, 3.8) is 0 Å². The highest BCUT2D eigenvalue weighted by Gasteiger charge is 2.24. The van der Waals surface area contributed by atoms with Crippen molar-refractivity contribution in [3.05, 3.63) is 51.7 Å². The van der Waals surface area contributed by atoms with Crippen molar-refractivity contribution in [3.8, 4) is 0 Å². The molecule has 0 saturated carbocycles. The third-order valence-corrected chi connectivity index (χ3v) is 5.07. The molecule has 0 aliphatic carbocycles. The van der Waals surface area contributed by atoms with Gasteiger partial charge in [0, 0.05) is 28.7 Å². The van der Waals surface area contributed by atoms with Gasteiger partial charge in [-0.3, -0.25) is 0 Å². The lowest BCUT2D eigenvalue weighted by atomic mass is 9.95. The van der Waals surface area contributed by atoms with Gasteiger partial charge in [-0.1, -0.05) is 23.7 Å². The summed E-state index contributed by atoms with van der Waals surface area (Å²) in [5.74, 6) is 0.597. The summed E-state index contributed by atoms with van der Waals surface area (Å²) in [4.78, 5) is 15.6. The SMILES string of the molecule is O=C(Nc1cccc(Cl)c1)N1CCC(c2cccs2)CC1. The first-order valence-electron chi connectivity index (χ1n) is 7.07. The summed E-state index contributed by atoms with van der Waals surface area (Å²) >= 11 is 7.74. The molecule has 2 amide bonds. The Labute approximate surface area is 133 Å². The monoisotopic (exact) mass is 320 g/mol. The van der Waals surface area contributed by atoms with E-state index in [9.17, 15) is 4.79 Å². The standard InChI is InChI=1S/C16H17ClN2OS/c17-13-3-1-4-14(11-13)18-16(20)19-8-6-12(7-9-19)15-5-2-10-21-15/h1-5,10-12H,6-9H2,(H,18,20). The van der Waals surface area contributed by atoms with Gasteiger partial charge in [0.1, 0.15) is 0 Å². The summed E-state index contributed by atoms with van der Waals surface area (Å²) < 4.78 is 0. The van der Waals surface area contributed by atoms with Crippen molar-refractivity contribution in [1.29, 1.82) is 0 Å². The van der Waals surface area contributed by atoms with E-state index in [1.165, 1.54) is 4.88 Å². The second-order valence-corrected chi connectivity index (χ2v) is 6.63. The fourth-order valence-corrected chi connectivity index (χ4v) is 3.75. The van der Waals surface area contributed by atoms with Gasteiger partial charge in [-0.2, -0.15) is 0 Å². The zero-order chi connectivity index (χ0) is 14.7. The molecule has 1 fully saturated rings. The Balaban J connectivity index is 1.55. The van der Waals surface area contributed by atoms with Crippen molar-refractivity contribution in [2.75, 3.05) is 18.4 Å². The number of thiophene rings is 1. The van der Waals surface area contributed by atoms with Gasteiger partial charge in [0.2, 0.25) is 0 Å². The van der Waals surface area contributed by atoms with Crippen LogP contribution in [0.4, 0.5) is 10.5 Å². The Kier molecular flexibility index (Phi) is 4.46. The lowest BCUT2D eigenvalue weighted by Crippen LogP contribution is -2.40. The number of rotatable bonds is 2. The van der Waals surface area contributed by atoms with E-state index in [1.807, 2.05) is 28.4 Å². The van der Waals surface area contributed by atoms with E-state index in [1.54, 1.807) is 12.1 Å². The van der Waals surface area contributed by atoms with Gasteiger partial charge in [-0.25, -0.2) is 4.79 Å². The van der Waals surface area contributed by atoms with Crippen molar-refractivity contribution >= 4 is 34.7 Å². The molecule has 5 heteroatoms. The van der Waals surface area contributed by atoms with Gasteiger partial charge in [0.05, 0.1) is 0 Å². The second kappa shape index (κ2) is 6.50. The number of carbonyl (C=O) groups excluding carboxylic acids is 1.